The first-order valence-electron chi connectivity index (χ1n) is 20.8. The fraction of sp³-hybridized carbons (Fsp3) is 0. The van der Waals surface area contributed by atoms with Crippen LogP contribution in [0.1, 0.15) is 0 Å². The summed E-state index contributed by atoms with van der Waals surface area (Å²) in [5, 5.41) is 3.94. The summed E-state index contributed by atoms with van der Waals surface area (Å²) in [6, 6.07) is 73.2. The fourth-order valence-corrected chi connectivity index (χ4v) is 8.78. The molecule has 0 radical (unpaired) electrons. The molecule has 0 saturated heterocycles. The molecule has 0 fully saturated rings. The van der Waals surface area contributed by atoms with Crippen molar-refractivity contribution in [1.82, 2.24) is 15.0 Å². The molecule has 0 atom stereocenters. The van der Waals surface area contributed by atoms with Crippen molar-refractivity contribution in [2.75, 3.05) is 0 Å². The Balaban J connectivity index is 1.12. The van der Waals surface area contributed by atoms with Crippen molar-refractivity contribution in [1.29, 1.82) is 0 Å². The van der Waals surface area contributed by atoms with E-state index in [9.17, 15) is 0 Å². The third-order valence-electron chi connectivity index (χ3n) is 11.7. The summed E-state index contributed by atoms with van der Waals surface area (Å²) in [6.07, 6.45) is 0. The highest BCUT2D eigenvalue weighted by molar-refractivity contribution is 6.17. The summed E-state index contributed by atoms with van der Waals surface area (Å²) in [7, 11) is 0. The molecular weight excluding hydrogens is 759 g/mol. The molecule has 9 aromatic carbocycles. The third kappa shape index (κ3) is 6.06. The number of fused-ring (bicyclic) bond motifs is 6. The van der Waals surface area contributed by atoms with Crippen LogP contribution >= 0.6 is 0 Å². The summed E-state index contributed by atoms with van der Waals surface area (Å²) in [6.45, 7) is 0. The molecular formula is C57H35N3O2. The van der Waals surface area contributed by atoms with Crippen molar-refractivity contribution in [2.45, 2.75) is 0 Å². The minimum absolute atomic E-state index is 0.516. The van der Waals surface area contributed by atoms with E-state index in [1.807, 2.05) is 72.8 Å². The summed E-state index contributed by atoms with van der Waals surface area (Å²) in [5.41, 5.74) is 14.3. The molecule has 0 aliphatic heterocycles. The zero-order valence-corrected chi connectivity index (χ0v) is 33.4. The van der Waals surface area contributed by atoms with Crippen LogP contribution in [0.2, 0.25) is 0 Å². The molecule has 0 aliphatic carbocycles. The minimum Gasteiger partial charge on any atom is -0.455 e. The SMILES string of the molecule is c1ccc(-c2cc(-c3ccccc3)c3oc4c(-c5nc(-c6ccccc6)nc(-c6cccc7oc8c(-c9ccccc9)cc(-c9ccccc9)cc8c67)n5)cccc4c3c2)cc1. The lowest BCUT2D eigenvalue weighted by Crippen LogP contribution is -2.00. The Hall–Kier alpha value is -8.41. The second kappa shape index (κ2) is 14.7. The lowest BCUT2D eigenvalue weighted by atomic mass is 9.95. The van der Waals surface area contributed by atoms with Crippen LogP contribution in [-0.4, -0.2) is 15.0 Å². The first kappa shape index (κ1) is 35.5. The van der Waals surface area contributed by atoms with E-state index >= 15 is 0 Å². The Morgan fingerprint density at radius 2 is 0.694 bits per heavy atom. The molecule has 12 rings (SSSR count). The highest BCUT2D eigenvalue weighted by atomic mass is 16.3. The largest absolute Gasteiger partial charge is 0.455 e. The number of rotatable bonds is 7. The topological polar surface area (TPSA) is 65.0 Å². The van der Waals surface area contributed by atoms with Gasteiger partial charge in [0.05, 0.1) is 5.56 Å². The molecule has 3 heterocycles. The van der Waals surface area contributed by atoms with E-state index in [0.29, 0.717) is 23.1 Å². The minimum atomic E-state index is 0.516. The molecule has 0 bridgehead atoms. The number of nitrogens with zero attached hydrogens (tertiary/aromatic N) is 3. The average Bonchev–Trinajstić information content (AvgIpc) is 3.93. The summed E-state index contributed by atoms with van der Waals surface area (Å²) >= 11 is 0. The maximum atomic E-state index is 7.02. The Morgan fingerprint density at radius 1 is 0.258 bits per heavy atom. The van der Waals surface area contributed by atoms with Crippen LogP contribution in [0.15, 0.2) is 221 Å². The van der Waals surface area contributed by atoms with Gasteiger partial charge in [0, 0.05) is 43.8 Å². The van der Waals surface area contributed by atoms with Gasteiger partial charge in [0.25, 0.3) is 0 Å². The lowest BCUT2D eigenvalue weighted by molar-refractivity contribution is 0.669. The van der Waals surface area contributed by atoms with Crippen molar-refractivity contribution < 1.29 is 8.83 Å². The smallest absolute Gasteiger partial charge is 0.167 e. The molecule has 0 saturated carbocycles. The van der Waals surface area contributed by atoms with E-state index in [-0.39, 0.29) is 0 Å². The molecule has 12 aromatic rings. The van der Waals surface area contributed by atoms with Gasteiger partial charge in [-0.2, -0.15) is 0 Å². The van der Waals surface area contributed by atoms with E-state index in [2.05, 4.69) is 140 Å². The highest BCUT2D eigenvalue weighted by Gasteiger charge is 2.23. The number of hydrogen-bond acceptors (Lipinski definition) is 5. The van der Waals surface area contributed by atoms with E-state index < -0.39 is 0 Å². The number of hydrogen-bond donors (Lipinski definition) is 0. The van der Waals surface area contributed by atoms with Crippen LogP contribution in [0.4, 0.5) is 0 Å². The summed E-state index contributed by atoms with van der Waals surface area (Å²) < 4.78 is 13.8. The van der Waals surface area contributed by atoms with Gasteiger partial charge in [0.2, 0.25) is 0 Å². The predicted molar refractivity (Wildman–Crippen MR) is 252 cm³/mol. The van der Waals surface area contributed by atoms with Gasteiger partial charge in [-0.1, -0.05) is 176 Å². The van der Waals surface area contributed by atoms with Gasteiger partial charge >= 0.3 is 0 Å². The maximum Gasteiger partial charge on any atom is 0.167 e. The van der Waals surface area contributed by atoms with E-state index in [4.69, 9.17) is 23.8 Å². The standard InChI is InChI=1S/C57H35N3O2/c1-6-18-36(19-7-1)41-32-46(38-22-10-3-11-23-38)53-48(34-41)43-28-16-30-45(52(43)62-53)57-59-55(40-26-14-5-15-27-40)58-56(60-57)44-29-17-31-50-51(44)49-35-42(37-20-8-2-9-21-37)33-47(54(49)61-50)39-24-12-4-13-25-39/h1-35H. The summed E-state index contributed by atoms with van der Waals surface area (Å²) in [4.78, 5) is 15.8. The van der Waals surface area contributed by atoms with E-state index in [1.54, 1.807) is 0 Å². The van der Waals surface area contributed by atoms with Gasteiger partial charge in [-0.25, -0.2) is 15.0 Å². The molecule has 5 heteroatoms. The van der Waals surface area contributed by atoms with Gasteiger partial charge in [-0.3, -0.25) is 0 Å². The van der Waals surface area contributed by atoms with Crippen LogP contribution in [0, 0.1) is 0 Å². The molecule has 0 N–H and O–H groups in total. The fourth-order valence-electron chi connectivity index (χ4n) is 8.78. The average molecular weight is 794 g/mol. The number of aromatic nitrogens is 3. The van der Waals surface area contributed by atoms with Crippen molar-refractivity contribution in [2.24, 2.45) is 0 Å². The van der Waals surface area contributed by atoms with Gasteiger partial charge in [-0.05, 0) is 69.8 Å². The normalized spacial score (nSPS) is 11.5. The zero-order valence-electron chi connectivity index (χ0n) is 33.4. The first-order valence-corrected chi connectivity index (χ1v) is 20.8. The molecule has 3 aromatic heterocycles. The monoisotopic (exact) mass is 793 g/mol. The molecule has 0 aliphatic rings. The van der Waals surface area contributed by atoms with Gasteiger partial charge in [0.15, 0.2) is 17.5 Å². The van der Waals surface area contributed by atoms with Crippen molar-refractivity contribution in [3.8, 4) is 78.7 Å². The predicted octanol–water partition coefficient (Wildman–Crippen LogP) is 15.3. The second-order valence-electron chi connectivity index (χ2n) is 15.5. The Morgan fingerprint density at radius 3 is 1.27 bits per heavy atom. The van der Waals surface area contributed by atoms with E-state index in [0.717, 1.165) is 99.5 Å². The van der Waals surface area contributed by atoms with Crippen molar-refractivity contribution in [3.05, 3.63) is 212 Å². The Bertz CT molecular complexity index is 3600. The van der Waals surface area contributed by atoms with Gasteiger partial charge in [0.1, 0.15) is 22.3 Å². The molecule has 5 nitrogen and oxygen atoms in total. The van der Waals surface area contributed by atoms with Crippen LogP contribution < -0.4 is 0 Å². The van der Waals surface area contributed by atoms with Crippen LogP contribution in [0.5, 0.6) is 0 Å². The van der Waals surface area contributed by atoms with Gasteiger partial charge < -0.3 is 8.83 Å². The number of furan rings is 2. The number of benzene rings is 9. The number of para-hydroxylation sites is 1. The Kier molecular flexibility index (Phi) is 8.42. The zero-order chi connectivity index (χ0) is 41.0. The first-order chi connectivity index (χ1) is 30.7. The Labute approximate surface area is 357 Å². The highest BCUT2D eigenvalue weighted by Crippen LogP contribution is 2.45. The molecule has 0 unspecified atom stereocenters. The second-order valence-corrected chi connectivity index (χ2v) is 15.5. The molecule has 290 valence electrons. The molecule has 0 spiro atoms. The maximum absolute atomic E-state index is 7.02. The van der Waals surface area contributed by atoms with Crippen LogP contribution in [0.3, 0.4) is 0 Å². The molecule has 62 heavy (non-hydrogen) atoms. The van der Waals surface area contributed by atoms with Crippen LogP contribution in [0.25, 0.3) is 123 Å². The van der Waals surface area contributed by atoms with Crippen LogP contribution in [-0.2, 0) is 0 Å². The van der Waals surface area contributed by atoms with Crippen molar-refractivity contribution in [3.63, 3.8) is 0 Å². The lowest BCUT2D eigenvalue weighted by Gasteiger charge is -2.10. The van der Waals surface area contributed by atoms with Crippen molar-refractivity contribution >= 4 is 43.9 Å². The molecule has 0 amide bonds. The summed E-state index contributed by atoms with van der Waals surface area (Å²) in [5.74, 6) is 1.62. The quantitative estimate of drug-likeness (QED) is 0.161. The third-order valence-corrected chi connectivity index (χ3v) is 11.7. The van der Waals surface area contributed by atoms with E-state index in [1.165, 1.54) is 0 Å². The van der Waals surface area contributed by atoms with Gasteiger partial charge in [-0.15, -0.1) is 0 Å².